The highest BCUT2D eigenvalue weighted by atomic mass is 16.5. The van der Waals surface area contributed by atoms with Crippen LogP contribution in [0.5, 0.6) is 11.5 Å². The van der Waals surface area contributed by atoms with E-state index in [-0.39, 0.29) is 17.9 Å². The van der Waals surface area contributed by atoms with E-state index in [1.807, 2.05) is 53.4 Å². The molecule has 0 radical (unpaired) electrons. The van der Waals surface area contributed by atoms with E-state index < -0.39 is 0 Å². The Morgan fingerprint density at radius 3 is 2.40 bits per heavy atom. The fraction of sp³-hybridized carbons (Fsp3) is 0.441. The average Bonchev–Trinajstić information content (AvgIpc) is 3.64. The Hall–Kier alpha value is -3.91. The highest BCUT2D eigenvalue weighted by Gasteiger charge is 2.29. The van der Waals surface area contributed by atoms with Crippen LogP contribution < -0.4 is 15.8 Å². The van der Waals surface area contributed by atoms with Gasteiger partial charge in [0, 0.05) is 67.6 Å². The predicted molar refractivity (Wildman–Crippen MR) is 164 cm³/mol. The lowest BCUT2D eigenvalue weighted by Crippen LogP contribution is -2.47. The van der Waals surface area contributed by atoms with Gasteiger partial charge < -0.3 is 25.6 Å². The zero-order chi connectivity index (χ0) is 29.1. The fourth-order valence-corrected chi connectivity index (χ4v) is 6.62. The summed E-state index contributed by atoms with van der Waals surface area (Å²) in [6, 6.07) is 18.0. The van der Waals surface area contributed by atoms with Crippen LogP contribution in [0.3, 0.4) is 0 Å². The van der Waals surface area contributed by atoms with E-state index in [9.17, 15) is 9.59 Å². The molecule has 1 saturated carbocycles. The summed E-state index contributed by atoms with van der Waals surface area (Å²) in [6.45, 7) is 5.37. The number of amides is 2. The van der Waals surface area contributed by atoms with Crippen LogP contribution >= 0.6 is 0 Å². The van der Waals surface area contributed by atoms with Crippen LogP contribution in [-0.4, -0.2) is 58.3 Å². The number of ether oxygens (including phenoxy) is 1. The van der Waals surface area contributed by atoms with E-state index in [4.69, 9.17) is 10.5 Å². The summed E-state index contributed by atoms with van der Waals surface area (Å²) in [5, 5.41) is 3.27. The monoisotopic (exact) mass is 567 g/mol. The van der Waals surface area contributed by atoms with Gasteiger partial charge in [0.2, 0.25) is 5.91 Å². The molecular weight excluding hydrogens is 526 g/mol. The highest BCUT2D eigenvalue weighted by molar-refractivity contribution is 5.95. The molecule has 6 rings (SSSR count). The number of rotatable bonds is 8. The first kappa shape index (κ1) is 28.2. The number of piperidine rings is 1. The van der Waals surface area contributed by atoms with Crippen molar-refractivity contribution in [2.45, 2.75) is 70.5 Å². The van der Waals surface area contributed by atoms with Crippen molar-refractivity contribution in [3.63, 3.8) is 0 Å². The number of hydrogen-bond acceptors (Lipinski definition) is 6. The molecule has 2 saturated heterocycles. The quantitative estimate of drug-likeness (QED) is 0.366. The number of nitrogens with one attached hydrogen (secondary N) is 1. The third-order valence-corrected chi connectivity index (χ3v) is 9.01. The smallest absolute Gasteiger partial charge is 0.251 e. The van der Waals surface area contributed by atoms with Crippen LogP contribution in [0.2, 0.25) is 0 Å². The summed E-state index contributed by atoms with van der Waals surface area (Å²) < 4.78 is 6.38. The summed E-state index contributed by atoms with van der Waals surface area (Å²) in [5.74, 6) is 2.13. The van der Waals surface area contributed by atoms with Gasteiger partial charge in [0.15, 0.2) is 0 Å². The lowest BCUT2D eigenvalue weighted by molar-refractivity contribution is -0.128. The number of aromatic nitrogens is 1. The van der Waals surface area contributed by atoms with Crippen LogP contribution in [0.15, 0.2) is 60.8 Å². The SMILES string of the molecule is C[C@H]1CC(=O)N(Cc2ccc(C(=O)NC3CCN(C4CCCC4)CC3)cc2Oc2ccc(-c3ccc(N)nc3)cc2)C1. The Bertz CT molecular complexity index is 1390. The second-order valence-corrected chi connectivity index (χ2v) is 12.2. The maximum atomic E-state index is 13.4. The van der Waals surface area contributed by atoms with Gasteiger partial charge >= 0.3 is 0 Å². The number of benzene rings is 2. The highest BCUT2D eigenvalue weighted by Crippen LogP contribution is 2.32. The zero-order valence-corrected chi connectivity index (χ0v) is 24.4. The maximum absolute atomic E-state index is 13.4. The van der Waals surface area contributed by atoms with Crippen molar-refractivity contribution >= 4 is 17.6 Å². The van der Waals surface area contributed by atoms with E-state index >= 15 is 0 Å². The second kappa shape index (κ2) is 12.5. The van der Waals surface area contributed by atoms with Crippen LogP contribution in [0.25, 0.3) is 11.1 Å². The summed E-state index contributed by atoms with van der Waals surface area (Å²) in [7, 11) is 0. The minimum atomic E-state index is -0.0808. The standard InChI is InChI=1S/C34H41N5O3/c1-23-18-33(40)39(21-23)22-27-7-6-25(34(41)37-28-14-16-38(17-15-28)29-4-2-3-5-29)19-31(27)42-30-11-8-24(9-12-30)26-10-13-32(35)36-20-26/h6-13,19-20,23,28-29H,2-5,14-18,21-22H2,1H3,(H2,35,36)(H,37,41)/t23-/m0/s1. The van der Waals surface area contributed by atoms with Gasteiger partial charge in [0.1, 0.15) is 17.3 Å². The van der Waals surface area contributed by atoms with Crippen LogP contribution in [0.1, 0.15) is 67.8 Å². The molecule has 3 heterocycles. The van der Waals surface area contributed by atoms with Crippen molar-refractivity contribution in [3.8, 4) is 22.6 Å². The number of pyridine rings is 1. The number of anilines is 1. The van der Waals surface area contributed by atoms with E-state index in [1.54, 1.807) is 12.3 Å². The second-order valence-electron chi connectivity index (χ2n) is 12.2. The van der Waals surface area contributed by atoms with Gasteiger partial charge in [-0.2, -0.15) is 0 Å². The molecule has 0 spiro atoms. The van der Waals surface area contributed by atoms with Crippen molar-refractivity contribution in [2.24, 2.45) is 5.92 Å². The molecule has 1 atom stereocenters. The molecule has 42 heavy (non-hydrogen) atoms. The number of nitrogens with zero attached hydrogens (tertiary/aromatic N) is 3. The molecule has 3 aliphatic rings. The topological polar surface area (TPSA) is 101 Å². The number of carbonyl (C=O) groups is 2. The molecule has 3 N–H and O–H groups in total. The maximum Gasteiger partial charge on any atom is 0.251 e. The van der Waals surface area contributed by atoms with Crippen molar-refractivity contribution in [3.05, 3.63) is 71.9 Å². The number of nitrogen functional groups attached to an aromatic ring is 1. The lowest BCUT2D eigenvalue weighted by atomic mass is 10.0. The molecule has 0 bridgehead atoms. The van der Waals surface area contributed by atoms with Crippen molar-refractivity contribution in [1.29, 1.82) is 0 Å². The molecule has 1 aliphatic carbocycles. The number of hydrogen-bond donors (Lipinski definition) is 2. The summed E-state index contributed by atoms with van der Waals surface area (Å²) in [4.78, 5) is 34.6. The first-order valence-corrected chi connectivity index (χ1v) is 15.4. The Morgan fingerprint density at radius 2 is 1.74 bits per heavy atom. The van der Waals surface area contributed by atoms with Gasteiger partial charge in [-0.15, -0.1) is 0 Å². The zero-order valence-electron chi connectivity index (χ0n) is 24.4. The summed E-state index contributed by atoms with van der Waals surface area (Å²) >= 11 is 0. The Kier molecular flexibility index (Phi) is 8.42. The summed E-state index contributed by atoms with van der Waals surface area (Å²) in [5.41, 5.74) is 9.14. The molecule has 2 amide bonds. The normalized spacial score (nSPS) is 20.3. The molecule has 2 aromatic carbocycles. The van der Waals surface area contributed by atoms with Crippen LogP contribution in [-0.2, 0) is 11.3 Å². The number of likely N-dealkylation sites (tertiary alicyclic amines) is 2. The van der Waals surface area contributed by atoms with Crippen molar-refractivity contribution in [2.75, 3.05) is 25.4 Å². The Balaban J connectivity index is 1.17. The molecule has 220 valence electrons. The van der Waals surface area contributed by atoms with Gasteiger partial charge in [-0.1, -0.05) is 38.0 Å². The Labute approximate surface area is 248 Å². The van der Waals surface area contributed by atoms with Crippen LogP contribution in [0.4, 0.5) is 5.82 Å². The van der Waals surface area contributed by atoms with Crippen molar-refractivity contribution < 1.29 is 14.3 Å². The third kappa shape index (κ3) is 6.59. The minimum Gasteiger partial charge on any atom is -0.457 e. The first-order valence-electron chi connectivity index (χ1n) is 15.4. The van der Waals surface area contributed by atoms with E-state index in [0.717, 1.165) is 55.2 Å². The molecule has 1 aromatic heterocycles. The number of carbonyl (C=O) groups excluding carboxylic acids is 2. The van der Waals surface area contributed by atoms with Gasteiger partial charge in [0.25, 0.3) is 5.91 Å². The Morgan fingerprint density at radius 1 is 1.00 bits per heavy atom. The van der Waals surface area contributed by atoms with E-state index in [1.165, 1.54) is 25.7 Å². The lowest BCUT2D eigenvalue weighted by Gasteiger charge is -2.36. The fourth-order valence-electron chi connectivity index (χ4n) is 6.62. The molecule has 3 fully saturated rings. The van der Waals surface area contributed by atoms with Gasteiger partial charge in [-0.3, -0.25) is 9.59 Å². The van der Waals surface area contributed by atoms with E-state index in [0.29, 0.717) is 41.8 Å². The van der Waals surface area contributed by atoms with Gasteiger partial charge in [0.05, 0.1) is 0 Å². The number of nitrogens with two attached hydrogens (primary N) is 1. The largest absolute Gasteiger partial charge is 0.457 e. The molecule has 2 aliphatic heterocycles. The van der Waals surface area contributed by atoms with Gasteiger partial charge in [-0.05, 0) is 73.6 Å². The minimum absolute atomic E-state index is 0.0808. The molecule has 0 unspecified atom stereocenters. The van der Waals surface area contributed by atoms with Crippen molar-refractivity contribution in [1.82, 2.24) is 20.1 Å². The average molecular weight is 568 g/mol. The van der Waals surface area contributed by atoms with Gasteiger partial charge in [-0.25, -0.2) is 4.98 Å². The summed E-state index contributed by atoms with van der Waals surface area (Å²) in [6.07, 6.45) is 9.60. The third-order valence-electron chi connectivity index (χ3n) is 9.01. The molecular formula is C34H41N5O3. The first-order chi connectivity index (χ1) is 20.4. The van der Waals surface area contributed by atoms with Crippen LogP contribution in [0, 0.1) is 5.92 Å². The molecule has 8 nitrogen and oxygen atoms in total. The molecule has 8 heteroatoms. The van der Waals surface area contributed by atoms with E-state index in [2.05, 4.69) is 22.1 Å². The molecule has 3 aromatic rings. The predicted octanol–water partition coefficient (Wildman–Crippen LogP) is 5.63.